The molecule has 0 heterocycles. The minimum atomic E-state index is -0.679. The van der Waals surface area contributed by atoms with Crippen molar-refractivity contribution in [2.45, 2.75) is 6.92 Å². The second-order valence-corrected chi connectivity index (χ2v) is 2.54. The van der Waals surface area contributed by atoms with Crippen LogP contribution >= 0.6 is 11.6 Å². The molecule has 0 aliphatic rings. The van der Waals surface area contributed by atoms with Gasteiger partial charge < -0.3 is 4.74 Å². The molecule has 0 saturated heterocycles. The highest BCUT2D eigenvalue weighted by Crippen LogP contribution is 2.24. The molecule has 0 saturated carbocycles. The van der Waals surface area contributed by atoms with Gasteiger partial charge in [0, 0.05) is 6.07 Å². The van der Waals surface area contributed by atoms with Crippen molar-refractivity contribution in [1.29, 1.82) is 0 Å². The lowest BCUT2D eigenvalue weighted by atomic mass is 10.3. The predicted molar refractivity (Wildman–Crippen MR) is 42.5 cm³/mol. The van der Waals surface area contributed by atoms with Crippen molar-refractivity contribution < 1.29 is 13.5 Å². The third-order valence-electron chi connectivity index (χ3n) is 1.27. The summed E-state index contributed by atoms with van der Waals surface area (Å²) in [6.45, 7) is 1.98. The highest BCUT2D eigenvalue weighted by atomic mass is 35.5. The molecular formula is C8H7ClF2O. The maximum Gasteiger partial charge on any atom is 0.166 e. The Hall–Kier alpha value is -0.830. The van der Waals surface area contributed by atoms with E-state index in [9.17, 15) is 8.78 Å². The first-order valence-corrected chi connectivity index (χ1v) is 3.80. The molecule has 0 N–H and O–H groups in total. The van der Waals surface area contributed by atoms with Gasteiger partial charge in [-0.1, -0.05) is 11.6 Å². The zero-order valence-corrected chi connectivity index (χ0v) is 7.16. The van der Waals surface area contributed by atoms with Gasteiger partial charge >= 0.3 is 0 Å². The summed E-state index contributed by atoms with van der Waals surface area (Å²) in [7, 11) is 0. The second-order valence-electron chi connectivity index (χ2n) is 2.13. The molecule has 1 rings (SSSR count). The molecule has 0 radical (unpaired) electrons. The van der Waals surface area contributed by atoms with Gasteiger partial charge in [-0.25, -0.2) is 8.78 Å². The van der Waals surface area contributed by atoms with Crippen LogP contribution in [0.3, 0.4) is 0 Å². The molecule has 0 aliphatic carbocycles. The van der Waals surface area contributed by atoms with E-state index in [4.69, 9.17) is 16.3 Å². The Labute approximate surface area is 73.9 Å². The summed E-state index contributed by atoms with van der Waals surface area (Å²) in [4.78, 5) is 0. The molecule has 1 aromatic rings. The van der Waals surface area contributed by atoms with Gasteiger partial charge in [0.05, 0.1) is 11.6 Å². The Morgan fingerprint density at radius 2 is 2.00 bits per heavy atom. The predicted octanol–water partition coefficient (Wildman–Crippen LogP) is 3.02. The molecule has 0 bridgehead atoms. The van der Waals surface area contributed by atoms with Gasteiger partial charge in [0.15, 0.2) is 11.6 Å². The van der Waals surface area contributed by atoms with Crippen molar-refractivity contribution in [3.8, 4) is 5.75 Å². The van der Waals surface area contributed by atoms with Gasteiger partial charge in [0.1, 0.15) is 5.82 Å². The zero-order valence-electron chi connectivity index (χ0n) is 6.40. The van der Waals surface area contributed by atoms with E-state index in [0.717, 1.165) is 12.1 Å². The highest BCUT2D eigenvalue weighted by Gasteiger charge is 2.08. The van der Waals surface area contributed by atoms with E-state index in [1.807, 2.05) is 0 Å². The molecule has 0 amide bonds. The van der Waals surface area contributed by atoms with Gasteiger partial charge in [-0.2, -0.15) is 0 Å². The third-order valence-corrected chi connectivity index (χ3v) is 1.56. The Morgan fingerprint density at radius 1 is 1.33 bits per heavy atom. The van der Waals surface area contributed by atoms with Crippen LogP contribution < -0.4 is 4.74 Å². The van der Waals surface area contributed by atoms with E-state index in [1.54, 1.807) is 6.92 Å². The lowest BCUT2D eigenvalue weighted by molar-refractivity contribution is 0.319. The lowest BCUT2D eigenvalue weighted by Crippen LogP contribution is -1.95. The molecule has 1 nitrogen and oxygen atoms in total. The van der Waals surface area contributed by atoms with Gasteiger partial charge in [-0.15, -0.1) is 0 Å². The number of ether oxygens (including phenoxy) is 1. The third kappa shape index (κ3) is 1.85. The van der Waals surface area contributed by atoms with Crippen molar-refractivity contribution in [3.63, 3.8) is 0 Å². The molecule has 1 aromatic carbocycles. The molecule has 66 valence electrons. The molecule has 4 heteroatoms. The Kier molecular flexibility index (Phi) is 2.87. The topological polar surface area (TPSA) is 9.23 Å². The van der Waals surface area contributed by atoms with Crippen LogP contribution in [0.25, 0.3) is 0 Å². The van der Waals surface area contributed by atoms with Crippen LogP contribution in [-0.4, -0.2) is 6.61 Å². The normalized spacial score (nSPS) is 10.0. The fraction of sp³-hybridized carbons (Fsp3) is 0.250. The number of hydrogen-bond donors (Lipinski definition) is 0. The molecular weight excluding hydrogens is 186 g/mol. The lowest BCUT2D eigenvalue weighted by Gasteiger charge is -2.04. The maximum absolute atomic E-state index is 12.8. The van der Waals surface area contributed by atoms with E-state index < -0.39 is 11.6 Å². The molecule has 0 fully saturated rings. The number of rotatable bonds is 2. The fourth-order valence-corrected chi connectivity index (χ4v) is 0.921. The standard InChI is InChI=1S/C8H7ClF2O/c1-2-12-8-4-6(10)5(9)3-7(8)11/h3-4H,2H2,1H3. The minimum absolute atomic E-state index is 0.112. The van der Waals surface area contributed by atoms with E-state index in [0.29, 0.717) is 0 Å². The monoisotopic (exact) mass is 192 g/mol. The van der Waals surface area contributed by atoms with Crippen LogP contribution in [0.4, 0.5) is 8.78 Å². The molecule has 0 aliphatic heterocycles. The smallest absolute Gasteiger partial charge is 0.166 e. The molecule has 0 aromatic heterocycles. The first kappa shape index (κ1) is 9.26. The van der Waals surface area contributed by atoms with Gasteiger partial charge in [-0.3, -0.25) is 0 Å². The highest BCUT2D eigenvalue weighted by molar-refractivity contribution is 6.30. The molecule has 0 atom stereocenters. The second kappa shape index (κ2) is 3.72. The number of benzene rings is 1. The Bertz CT molecular complexity index is 289. The van der Waals surface area contributed by atoms with Gasteiger partial charge in [-0.05, 0) is 13.0 Å². The zero-order chi connectivity index (χ0) is 9.14. The van der Waals surface area contributed by atoms with Crippen molar-refractivity contribution >= 4 is 11.6 Å². The van der Waals surface area contributed by atoms with Crippen LogP contribution in [0.5, 0.6) is 5.75 Å². The van der Waals surface area contributed by atoms with Crippen LogP contribution in [0.15, 0.2) is 12.1 Å². The van der Waals surface area contributed by atoms with E-state index in [-0.39, 0.29) is 17.4 Å². The van der Waals surface area contributed by atoms with Crippen LogP contribution in [-0.2, 0) is 0 Å². The fourth-order valence-electron chi connectivity index (χ4n) is 0.770. The van der Waals surface area contributed by atoms with Crippen molar-refractivity contribution in [2.75, 3.05) is 6.61 Å². The summed E-state index contributed by atoms with van der Waals surface area (Å²) in [5.74, 6) is -1.44. The van der Waals surface area contributed by atoms with Crippen LogP contribution in [0.1, 0.15) is 6.92 Å². The summed E-state index contributed by atoms with van der Waals surface area (Å²) < 4.78 is 30.3. The quantitative estimate of drug-likeness (QED) is 0.655. The average Bonchev–Trinajstić information content (AvgIpc) is 2.01. The first-order valence-electron chi connectivity index (χ1n) is 3.42. The summed E-state index contributed by atoms with van der Waals surface area (Å²) in [5.41, 5.74) is 0. The first-order chi connectivity index (χ1) is 5.65. The van der Waals surface area contributed by atoms with E-state index in [1.165, 1.54) is 0 Å². The molecule has 0 spiro atoms. The van der Waals surface area contributed by atoms with Gasteiger partial charge in [0.2, 0.25) is 0 Å². The molecule has 12 heavy (non-hydrogen) atoms. The Balaban J connectivity index is 3.05. The summed E-state index contributed by atoms with van der Waals surface area (Å²) in [6.07, 6.45) is 0. The van der Waals surface area contributed by atoms with E-state index in [2.05, 4.69) is 0 Å². The van der Waals surface area contributed by atoms with Crippen molar-refractivity contribution in [2.24, 2.45) is 0 Å². The van der Waals surface area contributed by atoms with E-state index >= 15 is 0 Å². The SMILES string of the molecule is CCOc1cc(F)c(Cl)cc1F. The van der Waals surface area contributed by atoms with Crippen LogP contribution in [0.2, 0.25) is 5.02 Å². The Morgan fingerprint density at radius 3 is 2.58 bits per heavy atom. The number of hydrogen-bond acceptors (Lipinski definition) is 1. The van der Waals surface area contributed by atoms with Crippen molar-refractivity contribution in [1.82, 2.24) is 0 Å². The minimum Gasteiger partial charge on any atom is -0.491 e. The molecule has 0 unspecified atom stereocenters. The van der Waals surface area contributed by atoms with Crippen LogP contribution in [0, 0.1) is 11.6 Å². The maximum atomic E-state index is 12.8. The largest absolute Gasteiger partial charge is 0.491 e. The summed E-state index contributed by atoms with van der Waals surface area (Å²) >= 11 is 5.32. The van der Waals surface area contributed by atoms with Crippen molar-refractivity contribution in [3.05, 3.63) is 28.8 Å². The summed E-state index contributed by atoms with van der Waals surface area (Å²) in [6, 6.07) is 1.82. The van der Waals surface area contributed by atoms with Gasteiger partial charge in [0.25, 0.3) is 0 Å². The number of halogens is 3. The average molecular weight is 193 g/mol. The summed E-state index contributed by atoms with van der Waals surface area (Å²) in [5, 5.41) is -0.240.